The van der Waals surface area contributed by atoms with E-state index in [4.69, 9.17) is 10.7 Å². The van der Waals surface area contributed by atoms with Crippen molar-refractivity contribution in [2.24, 2.45) is 4.99 Å². The van der Waals surface area contributed by atoms with E-state index in [1.807, 2.05) is 66.7 Å². The third-order valence-electron chi connectivity index (χ3n) is 5.35. The van der Waals surface area contributed by atoms with Gasteiger partial charge in [-0.2, -0.15) is 0 Å². The fourth-order valence-electron chi connectivity index (χ4n) is 3.66. The van der Waals surface area contributed by atoms with E-state index in [2.05, 4.69) is 45.5 Å². The number of nitrogen functional groups attached to an aromatic ring is 1. The molecule has 1 heterocycles. The van der Waals surface area contributed by atoms with Gasteiger partial charge in [-0.15, -0.1) is 0 Å². The second-order valence-electron chi connectivity index (χ2n) is 7.68. The predicted octanol–water partition coefficient (Wildman–Crippen LogP) is 6.60. The van der Waals surface area contributed by atoms with E-state index >= 15 is 0 Å². The normalized spacial score (nSPS) is 12.2. The maximum absolute atomic E-state index is 12.9. The van der Waals surface area contributed by atoms with E-state index in [0.29, 0.717) is 17.8 Å². The second kappa shape index (κ2) is 9.25. The SMILES string of the molecule is Nc1ccc(CNC(=O)c2ccc3c(c2)N=C(c2cccc(Br)c2)c2ccccc2S3)cc1. The molecule has 0 aliphatic carbocycles. The summed E-state index contributed by atoms with van der Waals surface area (Å²) >= 11 is 5.24. The molecule has 0 spiro atoms. The van der Waals surface area contributed by atoms with Gasteiger partial charge >= 0.3 is 0 Å². The highest BCUT2D eigenvalue weighted by molar-refractivity contribution is 9.10. The van der Waals surface area contributed by atoms with Crippen LogP contribution in [-0.4, -0.2) is 11.6 Å². The van der Waals surface area contributed by atoms with Gasteiger partial charge in [0, 0.05) is 43.2 Å². The molecule has 1 aliphatic heterocycles. The molecule has 0 radical (unpaired) electrons. The van der Waals surface area contributed by atoms with E-state index in [-0.39, 0.29) is 5.91 Å². The number of nitrogens with one attached hydrogen (secondary N) is 1. The number of fused-ring (bicyclic) bond motifs is 2. The van der Waals surface area contributed by atoms with Crippen molar-refractivity contribution in [2.75, 3.05) is 5.73 Å². The van der Waals surface area contributed by atoms with Crippen molar-refractivity contribution in [3.05, 3.63) is 118 Å². The summed E-state index contributed by atoms with van der Waals surface area (Å²) in [7, 11) is 0. The van der Waals surface area contributed by atoms with Gasteiger partial charge in [-0.05, 0) is 54.1 Å². The lowest BCUT2D eigenvalue weighted by Crippen LogP contribution is -2.22. The van der Waals surface area contributed by atoms with Crippen LogP contribution >= 0.6 is 27.7 Å². The number of carbonyl (C=O) groups excluding carboxylic acids is 1. The number of benzene rings is 4. The van der Waals surface area contributed by atoms with Crippen molar-refractivity contribution >= 4 is 50.7 Å². The minimum atomic E-state index is -0.138. The minimum Gasteiger partial charge on any atom is -0.399 e. The van der Waals surface area contributed by atoms with Crippen LogP contribution in [0, 0.1) is 0 Å². The Hall–Kier alpha value is -3.35. The van der Waals surface area contributed by atoms with Crippen LogP contribution in [-0.2, 0) is 6.54 Å². The van der Waals surface area contributed by atoms with Gasteiger partial charge in [-0.1, -0.05) is 70.2 Å². The highest BCUT2D eigenvalue weighted by Gasteiger charge is 2.20. The standard InChI is InChI=1S/C27H20BrN3OS/c28-20-5-3-4-18(14-20)26-22-6-1-2-7-24(22)33-25-13-10-19(15-23(25)31-26)27(32)30-16-17-8-11-21(29)12-9-17/h1-15H,16,29H2,(H,30,32). The summed E-state index contributed by atoms with van der Waals surface area (Å²) in [5, 5.41) is 2.98. The van der Waals surface area contributed by atoms with Gasteiger partial charge in [0.1, 0.15) is 0 Å². The lowest BCUT2D eigenvalue weighted by Gasteiger charge is -2.09. The summed E-state index contributed by atoms with van der Waals surface area (Å²) in [5.74, 6) is -0.138. The molecule has 4 aromatic rings. The molecule has 0 saturated carbocycles. The summed E-state index contributed by atoms with van der Waals surface area (Å²) in [5.41, 5.74) is 11.8. The monoisotopic (exact) mass is 513 g/mol. The van der Waals surface area contributed by atoms with E-state index < -0.39 is 0 Å². The van der Waals surface area contributed by atoms with Gasteiger partial charge in [-0.25, -0.2) is 4.99 Å². The number of hydrogen-bond acceptors (Lipinski definition) is 4. The Balaban J connectivity index is 1.50. The van der Waals surface area contributed by atoms with Gasteiger partial charge in [0.05, 0.1) is 11.4 Å². The molecule has 0 saturated heterocycles. The fraction of sp³-hybridized carbons (Fsp3) is 0.0370. The van der Waals surface area contributed by atoms with Crippen molar-refractivity contribution in [2.45, 2.75) is 16.3 Å². The lowest BCUT2D eigenvalue weighted by atomic mass is 10.0. The molecule has 0 aromatic heterocycles. The first-order valence-electron chi connectivity index (χ1n) is 10.5. The van der Waals surface area contributed by atoms with Crippen molar-refractivity contribution < 1.29 is 4.79 Å². The smallest absolute Gasteiger partial charge is 0.251 e. The molecule has 162 valence electrons. The topological polar surface area (TPSA) is 67.5 Å². The highest BCUT2D eigenvalue weighted by Crippen LogP contribution is 2.41. The van der Waals surface area contributed by atoms with E-state index in [0.717, 1.165) is 42.4 Å². The number of aliphatic imine (C=N–C) groups is 1. The number of nitrogens with two attached hydrogens (primary N) is 1. The first-order valence-corrected chi connectivity index (χ1v) is 12.1. The maximum atomic E-state index is 12.9. The van der Waals surface area contributed by atoms with Crippen LogP contribution in [0.1, 0.15) is 27.0 Å². The minimum absolute atomic E-state index is 0.138. The van der Waals surface area contributed by atoms with E-state index in [1.165, 1.54) is 0 Å². The molecule has 1 amide bonds. The van der Waals surface area contributed by atoms with Crippen LogP contribution in [0.3, 0.4) is 0 Å². The predicted molar refractivity (Wildman–Crippen MR) is 138 cm³/mol. The quantitative estimate of drug-likeness (QED) is 0.266. The third-order valence-corrected chi connectivity index (χ3v) is 6.98. The first kappa shape index (κ1) is 21.5. The van der Waals surface area contributed by atoms with Crippen LogP contribution < -0.4 is 11.1 Å². The van der Waals surface area contributed by atoms with Crippen LogP contribution in [0.2, 0.25) is 0 Å². The molecule has 3 N–H and O–H groups in total. The molecule has 1 aliphatic rings. The Morgan fingerprint density at radius 1 is 0.909 bits per heavy atom. The number of anilines is 1. The molecule has 6 heteroatoms. The zero-order valence-corrected chi connectivity index (χ0v) is 20.0. The highest BCUT2D eigenvalue weighted by atomic mass is 79.9. The van der Waals surface area contributed by atoms with Crippen LogP contribution in [0.15, 0.2) is 110 Å². The van der Waals surface area contributed by atoms with Crippen LogP contribution in [0.4, 0.5) is 11.4 Å². The maximum Gasteiger partial charge on any atom is 0.251 e. The Morgan fingerprint density at radius 3 is 2.55 bits per heavy atom. The molecular formula is C27H20BrN3OS. The average Bonchev–Trinajstić information content (AvgIpc) is 3.00. The first-order chi connectivity index (χ1) is 16.1. The fourth-order valence-corrected chi connectivity index (χ4v) is 5.06. The van der Waals surface area contributed by atoms with E-state index in [9.17, 15) is 4.79 Å². The largest absolute Gasteiger partial charge is 0.399 e. The Bertz CT molecular complexity index is 1380. The van der Waals surface area contributed by atoms with E-state index in [1.54, 1.807) is 11.8 Å². The number of rotatable bonds is 4. The van der Waals surface area contributed by atoms with Crippen molar-refractivity contribution in [1.82, 2.24) is 5.32 Å². The zero-order valence-electron chi connectivity index (χ0n) is 17.6. The summed E-state index contributed by atoms with van der Waals surface area (Å²) < 4.78 is 0.994. The Labute approximate surface area is 205 Å². The van der Waals surface area contributed by atoms with Crippen molar-refractivity contribution in [3.8, 4) is 0 Å². The molecule has 0 fully saturated rings. The molecule has 33 heavy (non-hydrogen) atoms. The molecule has 0 atom stereocenters. The summed E-state index contributed by atoms with van der Waals surface area (Å²) in [6, 6.07) is 29.6. The molecule has 4 aromatic carbocycles. The van der Waals surface area contributed by atoms with Crippen molar-refractivity contribution in [3.63, 3.8) is 0 Å². The number of carbonyl (C=O) groups is 1. The number of hydrogen-bond donors (Lipinski definition) is 2. The average molecular weight is 514 g/mol. The Kier molecular flexibility index (Phi) is 6.03. The second-order valence-corrected chi connectivity index (χ2v) is 9.68. The zero-order chi connectivity index (χ0) is 22.8. The van der Waals surface area contributed by atoms with Gasteiger partial charge in [0.25, 0.3) is 5.91 Å². The number of halogens is 1. The van der Waals surface area contributed by atoms with Gasteiger partial charge in [-0.3, -0.25) is 4.79 Å². The molecule has 5 rings (SSSR count). The lowest BCUT2D eigenvalue weighted by molar-refractivity contribution is 0.0951. The van der Waals surface area contributed by atoms with Crippen LogP contribution in [0.5, 0.6) is 0 Å². The van der Waals surface area contributed by atoms with Gasteiger partial charge < -0.3 is 11.1 Å². The summed E-state index contributed by atoms with van der Waals surface area (Å²) in [6.07, 6.45) is 0. The van der Waals surface area contributed by atoms with Crippen LogP contribution in [0.25, 0.3) is 0 Å². The number of amides is 1. The van der Waals surface area contributed by atoms with Crippen molar-refractivity contribution in [1.29, 1.82) is 0 Å². The van der Waals surface area contributed by atoms with Gasteiger partial charge in [0.2, 0.25) is 0 Å². The summed E-state index contributed by atoms with van der Waals surface area (Å²) in [6.45, 7) is 0.433. The summed E-state index contributed by atoms with van der Waals surface area (Å²) in [4.78, 5) is 20.1. The molecule has 0 bridgehead atoms. The molecule has 4 nitrogen and oxygen atoms in total. The molecule has 0 unspecified atom stereocenters. The Morgan fingerprint density at radius 2 is 1.73 bits per heavy atom. The number of nitrogens with zero attached hydrogens (tertiary/aromatic N) is 1. The molecular weight excluding hydrogens is 494 g/mol. The van der Waals surface area contributed by atoms with Gasteiger partial charge in [0.15, 0.2) is 0 Å². The third kappa shape index (κ3) is 4.72.